The molecule has 0 aliphatic carbocycles. The van der Waals surface area contributed by atoms with Crippen LogP contribution in [0.5, 0.6) is 0 Å². The van der Waals surface area contributed by atoms with Gasteiger partial charge in [-0.1, -0.05) is 6.92 Å². The van der Waals surface area contributed by atoms with E-state index < -0.39 is 5.60 Å². The summed E-state index contributed by atoms with van der Waals surface area (Å²) in [6.45, 7) is 9.42. The number of hydrogen-bond acceptors (Lipinski definition) is 4. The van der Waals surface area contributed by atoms with Crippen LogP contribution in [0.2, 0.25) is 0 Å². The number of nitrogens with zero attached hydrogens (tertiary/aromatic N) is 4. The van der Waals surface area contributed by atoms with Crippen molar-refractivity contribution >= 4 is 12.0 Å². The molecule has 1 aromatic heterocycles. The number of rotatable bonds is 5. The number of piperidine rings is 1. The van der Waals surface area contributed by atoms with Gasteiger partial charge in [-0.15, -0.1) is 0 Å². The smallest absolute Gasteiger partial charge is 0.410 e. The second-order valence-electron chi connectivity index (χ2n) is 9.34. The van der Waals surface area contributed by atoms with E-state index in [0.717, 1.165) is 24.2 Å². The third-order valence-corrected chi connectivity index (χ3v) is 5.64. The normalized spacial score (nSPS) is 15.0. The van der Waals surface area contributed by atoms with Crippen LogP contribution in [0.15, 0.2) is 30.5 Å². The summed E-state index contributed by atoms with van der Waals surface area (Å²) in [5.74, 6) is -0.0197. The van der Waals surface area contributed by atoms with Crippen molar-refractivity contribution in [3.05, 3.63) is 47.5 Å². The highest BCUT2D eigenvalue weighted by Crippen LogP contribution is 2.23. The van der Waals surface area contributed by atoms with E-state index in [0.29, 0.717) is 37.5 Å². The van der Waals surface area contributed by atoms with Crippen LogP contribution in [0, 0.1) is 11.7 Å². The molecule has 1 aliphatic rings. The number of carbonyl (C=O) groups excluding carboxylic acids is 2. The molecule has 0 atom stereocenters. The van der Waals surface area contributed by atoms with Gasteiger partial charge in [-0.3, -0.25) is 4.79 Å². The monoisotopic (exact) mass is 444 g/mol. The Bertz CT molecular complexity index is 941. The van der Waals surface area contributed by atoms with Crippen molar-refractivity contribution in [2.45, 2.75) is 52.6 Å². The number of likely N-dealkylation sites (tertiary alicyclic amines) is 1. The van der Waals surface area contributed by atoms with Gasteiger partial charge >= 0.3 is 6.09 Å². The minimum absolute atomic E-state index is 0.0332. The van der Waals surface area contributed by atoms with Gasteiger partial charge in [-0.25, -0.2) is 13.9 Å². The third-order valence-electron chi connectivity index (χ3n) is 5.64. The van der Waals surface area contributed by atoms with Crippen LogP contribution in [-0.4, -0.2) is 63.9 Å². The Morgan fingerprint density at radius 3 is 2.38 bits per heavy atom. The first kappa shape index (κ1) is 23.8. The van der Waals surface area contributed by atoms with Crippen LogP contribution in [0.25, 0.3) is 5.69 Å². The van der Waals surface area contributed by atoms with E-state index in [2.05, 4.69) is 5.10 Å². The molecule has 0 unspecified atom stereocenters. The molecule has 0 saturated carbocycles. The summed E-state index contributed by atoms with van der Waals surface area (Å²) in [4.78, 5) is 28.9. The zero-order chi connectivity index (χ0) is 23.5. The Kier molecular flexibility index (Phi) is 7.21. The molecule has 3 rings (SSSR count). The molecule has 32 heavy (non-hydrogen) atoms. The molecule has 7 nitrogen and oxygen atoms in total. The van der Waals surface area contributed by atoms with Crippen LogP contribution in [-0.2, 0) is 11.2 Å². The second kappa shape index (κ2) is 9.71. The molecular weight excluding hydrogens is 411 g/mol. The maximum Gasteiger partial charge on any atom is 0.410 e. The molecule has 0 radical (unpaired) electrons. The first-order valence-corrected chi connectivity index (χ1v) is 11.1. The van der Waals surface area contributed by atoms with Crippen LogP contribution in [0.4, 0.5) is 9.18 Å². The SMILES string of the molecule is CCc1c(C(=O)N2CCC(CN(C)C(=O)OC(C)(C)C)CC2)cnn1-c1ccc(F)cc1. The fourth-order valence-electron chi connectivity index (χ4n) is 3.99. The number of amides is 2. The quantitative estimate of drug-likeness (QED) is 0.690. The standard InChI is InChI=1S/C24H33FN4O3/c1-6-21-20(15-26-29(21)19-9-7-18(25)8-10-19)22(30)28-13-11-17(12-14-28)16-27(5)23(31)32-24(2,3)4/h7-10,15,17H,6,11-14,16H2,1-5H3. The summed E-state index contributed by atoms with van der Waals surface area (Å²) in [6.07, 6.45) is 3.57. The third kappa shape index (κ3) is 5.66. The molecule has 2 aromatic rings. The molecule has 1 saturated heterocycles. The van der Waals surface area contributed by atoms with E-state index in [9.17, 15) is 14.0 Å². The zero-order valence-electron chi connectivity index (χ0n) is 19.6. The predicted octanol–water partition coefficient (Wildman–Crippen LogP) is 4.29. The lowest BCUT2D eigenvalue weighted by Gasteiger charge is -2.34. The zero-order valence-corrected chi connectivity index (χ0v) is 19.6. The fraction of sp³-hybridized carbons (Fsp3) is 0.542. The van der Waals surface area contributed by atoms with E-state index in [1.54, 1.807) is 35.0 Å². The lowest BCUT2D eigenvalue weighted by atomic mass is 9.96. The first-order chi connectivity index (χ1) is 15.1. The second-order valence-corrected chi connectivity index (χ2v) is 9.34. The predicted molar refractivity (Wildman–Crippen MR) is 120 cm³/mol. The Hall–Kier alpha value is -2.90. The average Bonchev–Trinajstić information content (AvgIpc) is 3.17. The number of carbonyl (C=O) groups is 2. The molecule has 2 amide bonds. The van der Waals surface area contributed by atoms with E-state index >= 15 is 0 Å². The van der Waals surface area contributed by atoms with Gasteiger partial charge in [0.2, 0.25) is 0 Å². The van der Waals surface area contributed by atoms with Gasteiger partial charge < -0.3 is 14.5 Å². The minimum Gasteiger partial charge on any atom is -0.444 e. The molecule has 0 spiro atoms. The van der Waals surface area contributed by atoms with Crippen LogP contribution in [0.3, 0.4) is 0 Å². The molecule has 1 fully saturated rings. The molecule has 1 aliphatic heterocycles. The Morgan fingerprint density at radius 2 is 1.81 bits per heavy atom. The lowest BCUT2D eigenvalue weighted by Crippen LogP contribution is -2.43. The minimum atomic E-state index is -0.517. The molecule has 0 bridgehead atoms. The molecule has 1 aromatic carbocycles. The van der Waals surface area contributed by atoms with Crippen molar-refractivity contribution in [3.8, 4) is 5.69 Å². The summed E-state index contributed by atoms with van der Waals surface area (Å²) in [6, 6.07) is 6.08. The highest BCUT2D eigenvalue weighted by molar-refractivity contribution is 5.95. The van der Waals surface area contributed by atoms with Crippen molar-refractivity contribution in [1.29, 1.82) is 0 Å². The summed E-state index contributed by atoms with van der Waals surface area (Å²) in [5.41, 5.74) is 1.61. The van der Waals surface area contributed by atoms with Gasteiger partial charge in [0.15, 0.2) is 0 Å². The highest BCUT2D eigenvalue weighted by atomic mass is 19.1. The van der Waals surface area contributed by atoms with Crippen LogP contribution < -0.4 is 0 Å². The average molecular weight is 445 g/mol. The summed E-state index contributed by atoms with van der Waals surface area (Å²) in [7, 11) is 1.75. The van der Waals surface area contributed by atoms with Crippen LogP contribution in [0.1, 0.15) is 56.6 Å². The number of ether oxygens (including phenoxy) is 1. The molecular formula is C24H33FN4O3. The van der Waals surface area contributed by atoms with E-state index in [1.165, 1.54) is 12.1 Å². The largest absolute Gasteiger partial charge is 0.444 e. The maximum atomic E-state index is 13.3. The van der Waals surface area contributed by atoms with E-state index in [1.807, 2.05) is 32.6 Å². The Labute approximate surface area is 189 Å². The Morgan fingerprint density at radius 1 is 1.19 bits per heavy atom. The van der Waals surface area contributed by atoms with Crippen molar-refractivity contribution in [2.24, 2.45) is 5.92 Å². The molecule has 2 heterocycles. The van der Waals surface area contributed by atoms with Crippen molar-refractivity contribution < 1.29 is 18.7 Å². The lowest BCUT2D eigenvalue weighted by molar-refractivity contribution is 0.0246. The number of benzene rings is 1. The summed E-state index contributed by atoms with van der Waals surface area (Å²) < 4.78 is 20.4. The van der Waals surface area contributed by atoms with Gasteiger partial charge in [0.1, 0.15) is 11.4 Å². The van der Waals surface area contributed by atoms with Gasteiger partial charge in [0, 0.05) is 26.7 Å². The number of halogens is 1. The van der Waals surface area contributed by atoms with Gasteiger partial charge in [0.05, 0.1) is 23.1 Å². The fourth-order valence-corrected chi connectivity index (χ4v) is 3.99. The van der Waals surface area contributed by atoms with Crippen molar-refractivity contribution in [2.75, 3.05) is 26.7 Å². The van der Waals surface area contributed by atoms with E-state index in [-0.39, 0.29) is 17.8 Å². The molecule has 174 valence electrons. The van der Waals surface area contributed by atoms with Gasteiger partial charge in [-0.2, -0.15) is 5.10 Å². The Balaban J connectivity index is 1.61. The highest BCUT2D eigenvalue weighted by Gasteiger charge is 2.29. The topological polar surface area (TPSA) is 67.7 Å². The number of aromatic nitrogens is 2. The maximum absolute atomic E-state index is 13.3. The van der Waals surface area contributed by atoms with Crippen molar-refractivity contribution in [1.82, 2.24) is 19.6 Å². The molecule has 8 heteroatoms. The first-order valence-electron chi connectivity index (χ1n) is 11.1. The van der Waals surface area contributed by atoms with Crippen LogP contribution >= 0.6 is 0 Å². The van der Waals surface area contributed by atoms with Crippen molar-refractivity contribution in [3.63, 3.8) is 0 Å². The van der Waals surface area contributed by atoms with Gasteiger partial charge in [-0.05, 0) is 70.2 Å². The van der Waals surface area contributed by atoms with Gasteiger partial charge in [0.25, 0.3) is 5.91 Å². The molecule has 0 N–H and O–H groups in total. The van der Waals surface area contributed by atoms with E-state index in [4.69, 9.17) is 4.74 Å². The summed E-state index contributed by atoms with van der Waals surface area (Å²) in [5, 5.41) is 4.39. The number of hydrogen-bond donors (Lipinski definition) is 0. The summed E-state index contributed by atoms with van der Waals surface area (Å²) >= 11 is 0.